The second-order valence-corrected chi connectivity index (χ2v) is 6.69. The van der Waals surface area contributed by atoms with Crippen LogP contribution in [0.5, 0.6) is 0 Å². The molecule has 27 heavy (non-hydrogen) atoms. The minimum atomic E-state index is -1.11. The fourth-order valence-electron chi connectivity index (χ4n) is 3.24. The van der Waals surface area contributed by atoms with Crippen molar-refractivity contribution in [2.75, 3.05) is 6.54 Å². The summed E-state index contributed by atoms with van der Waals surface area (Å²) in [5.41, 5.74) is 1.23. The number of β-amino-alcohol motifs (C(OH)–C–C–N with tert-alkyl or cyclic N) is 1. The third-order valence-electron chi connectivity index (χ3n) is 4.53. The van der Waals surface area contributed by atoms with Gasteiger partial charge < -0.3 is 15.1 Å². The summed E-state index contributed by atoms with van der Waals surface area (Å²) in [4.78, 5) is 26.3. The highest BCUT2D eigenvalue weighted by molar-refractivity contribution is 6.46. The van der Waals surface area contributed by atoms with Crippen LogP contribution in [-0.2, 0) is 9.59 Å². The van der Waals surface area contributed by atoms with Gasteiger partial charge >= 0.3 is 0 Å². The van der Waals surface area contributed by atoms with E-state index in [1.807, 2.05) is 6.92 Å². The molecule has 0 spiro atoms. The minimum Gasteiger partial charge on any atom is -0.507 e. The van der Waals surface area contributed by atoms with E-state index in [9.17, 15) is 24.2 Å². The summed E-state index contributed by atoms with van der Waals surface area (Å²) in [5.74, 6) is -2.75. The molecule has 2 aromatic rings. The molecule has 0 aromatic heterocycles. The minimum absolute atomic E-state index is 0.0889. The van der Waals surface area contributed by atoms with Gasteiger partial charge in [-0.2, -0.15) is 0 Å². The number of benzene rings is 2. The molecule has 2 atom stereocenters. The highest BCUT2D eigenvalue weighted by Gasteiger charge is 2.47. The van der Waals surface area contributed by atoms with Gasteiger partial charge in [-0.15, -0.1) is 0 Å². The Morgan fingerprint density at radius 3 is 2.37 bits per heavy atom. The average Bonchev–Trinajstić information content (AvgIpc) is 2.86. The van der Waals surface area contributed by atoms with E-state index in [0.29, 0.717) is 5.56 Å². The summed E-state index contributed by atoms with van der Waals surface area (Å²) in [6, 6.07) is 11.5. The number of halogens is 1. The van der Waals surface area contributed by atoms with Crippen LogP contribution in [0.25, 0.3) is 5.76 Å². The molecule has 2 N–H and O–H groups in total. The molecule has 5 nitrogen and oxygen atoms in total. The fraction of sp³-hybridized carbons (Fsp3) is 0.238. The Morgan fingerprint density at radius 1 is 1.15 bits per heavy atom. The number of aliphatic hydroxyl groups excluding tert-OH is 2. The van der Waals surface area contributed by atoms with E-state index in [1.54, 1.807) is 30.3 Å². The Bertz CT molecular complexity index is 918. The van der Waals surface area contributed by atoms with Crippen LogP contribution in [0.1, 0.15) is 29.7 Å². The van der Waals surface area contributed by atoms with Gasteiger partial charge in [0.05, 0.1) is 17.7 Å². The first-order chi connectivity index (χ1) is 12.8. The molecule has 1 aliphatic rings. The van der Waals surface area contributed by atoms with Crippen molar-refractivity contribution in [3.8, 4) is 0 Å². The third-order valence-corrected chi connectivity index (χ3v) is 4.53. The molecule has 140 valence electrons. The summed E-state index contributed by atoms with van der Waals surface area (Å²) in [7, 11) is 0. The molecule has 1 amide bonds. The number of ketones is 1. The van der Waals surface area contributed by atoms with Gasteiger partial charge in [-0.1, -0.05) is 48.0 Å². The molecule has 1 heterocycles. The van der Waals surface area contributed by atoms with Gasteiger partial charge in [-0.05, 0) is 19.9 Å². The number of Topliss-reactive ketones (excluding diaryl/α,β-unsaturated/α-hetero) is 1. The Labute approximate surface area is 156 Å². The fourth-order valence-corrected chi connectivity index (χ4v) is 3.24. The summed E-state index contributed by atoms with van der Waals surface area (Å²) in [6.45, 7) is 3.19. The molecule has 1 fully saturated rings. The highest BCUT2D eigenvalue weighted by atomic mass is 19.1. The Morgan fingerprint density at radius 2 is 1.78 bits per heavy atom. The third kappa shape index (κ3) is 3.48. The molecule has 0 radical (unpaired) electrons. The SMILES string of the molecule is Cc1ccc(C(O)=C2C(=O)C(=O)N(C[C@@H](C)O)[C@H]2c2ccccc2F)cc1. The van der Waals surface area contributed by atoms with E-state index in [0.717, 1.165) is 10.5 Å². The van der Waals surface area contributed by atoms with E-state index in [2.05, 4.69) is 0 Å². The maximum atomic E-state index is 14.5. The molecule has 0 saturated carbocycles. The van der Waals surface area contributed by atoms with Crippen molar-refractivity contribution in [3.63, 3.8) is 0 Å². The highest BCUT2D eigenvalue weighted by Crippen LogP contribution is 2.40. The van der Waals surface area contributed by atoms with Crippen LogP contribution in [0.15, 0.2) is 54.1 Å². The van der Waals surface area contributed by atoms with E-state index in [4.69, 9.17) is 0 Å². The molecular formula is C21H20FNO4. The second-order valence-electron chi connectivity index (χ2n) is 6.69. The zero-order chi connectivity index (χ0) is 19.7. The Kier molecular flexibility index (Phi) is 5.10. The molecule has 0 unspecified atom stereocenters. The van der Waals surface area contributed by atoms with Crippen molar-refractivity contribution in [3.05, 3.63) is 76.6 Å². The number of carbonyl (C=O) groups is 2. The van der Waals surface area contributed by atoms with Crippen LogP contribution in [0, 0.1) is 12.7 Å². The summed E-state index contributed by atoms with van der Waals surface area (Å²) in [5, 5.41) is 20.5. The van der Waals surface area contributed by atoms with Crippen molar-refractivity contribution < 1.29 is 24.2 Å². The van der Waals surface area contributed by atoms with Gasteiger partial charge in [-0.3, -0.25) is 9.59 Å². The van der Waals surface area contributed by atoms with Crippen molar-refractivity contribution in [1.82, 2.24) is 4.90 Å². The van der Waals surface area contributed by atoms with E-state index < -0.39 is 29.7 Å². The largest absolute Gasteiger partial charge is 0.507 e. The van der Waals surface area contributed by atoms with Crippen molar-refractivity contribution in [2.24, 2.45) is 0 Å². The van der Waals surface area contributed by atoms with Crippen LogP contribution in [0.2, 0.25) is 0 Å². The van der Waals surface area contributed by atoms with E-state index >= 15 is 0 Å². The average molecular weight is 369 g/mol. The number of nitrogens with zero attached hydrogens (tertiary/aromatic N) is 1. The van der Waals surface area contributed by atoms with Crippen LogP contribution < -0.4 is 0 Å². The maximum absolute atomic E-state index is 14.5. The first-order valence-electron chi connectivity index (χ1n) is 8.59. The van der Waals surface area contributed by atoms with Crippen LogP contribution in [-0.4, -0.2) is 39.5 Å². The first-order valence-corrected chi connectivity index (χ1v) is 8.59. The second kappa shape index (κ2) is 7.32. The van der Waals surface area contributed by atoms with Gasteiger partial charge in [-0.25, -0.2) is 4.39 Å². The number of carbonyl (C=O) groups excluding carboxylic acids is 2. The normalized spacial score (nSPS) is 20.1. The van der Waals surface area contributed by atoms with Gasteiger partial charge in [0, 0.05) is 17.7 Å². The van der Waals surface area contributed by atoms with Crippen LogP contribution in [0.3, 0.4) is 0 Å². The Balaban J connectivity index is 2.21. The predicted octanol–water partition coefficient (Wildman–Crippen LogP) is 2.94. The van der Waals surface area contributed by atoms with E-state index in [-0.39, 0.29) is 23.4 Å². The van der Waals surface area contributed by atoms with Crippen LogP contribution in [0.4, 0.5) is 4.39 Å². The molecule has 1 aliphatic heterocycles. The first kappa shape index (κ1) is 18.8. The standard InChI is InChI=1S/C21H20FNO4/c1-12-7-9-14(10-8-12)19(25)17-18(15-5-3-4-6-16(15)22)23(11-13(2)24)21(27)20(17)26/h3-10,13,18,24-25H,11H2,1-2H3/t13-,18+/m1/s1. The lowest BCUT2D eigenvalue weighted by atomic mass is 9.94. The Hall–Kier alpha value is -2.99. The predicted molar refractivity (Wildman–Crippen MR) is 98.3 cm³/mol. The molecule has 2 aromatic carbocycles. The number of hydrogen-bond donors (Lipinski definition) is 2. The smallest absolute Gasteiger partial charge is 0.295 e. The number of hydrogen-bond acceptors (Lipinski definition) is 4. The molecule has 0 bridgehead atoms. The number of amides is 1. The van der Waals surface area contributed by atoms with Gasteiger partial charge in [0.15, 0.2) is 0 Å². The number of rotatable bonds is 4. The number of likely N-dealkylation sites (tertiary alicyclic amines) is 1. The molecular weight excluding hydrogens is 349 g/mol. The quantitative estimate of drug-likeness (QED) is 0.493. The zero-order valence-corrected chi connectivity index (χ0v) is 15.0. The monoisotopic (exact) mass is 369 g/mol. The number of aliphatic hydroxyl groups is 2. The molecule has 0 aliphatic carbocycles. The lowest BCUT2D eigenvalue weighted by Gasteiger charge is -2.26. The van der Waals surface area contributed by atoms with Gasteiger partial charge in [0.2, 0.25) is 0 Å². The summed E-state index contributed by atoms with van der Waals surface area (Å²) in [6.07, 6.45) is -0.920. The number of aryl methyl sites for hydroxylation is 1. The van der Waals surface area contributed by atoms with Crippen LogP contribution >= 0.6 is 0 Å². The summed E-state index contributed by atoms with van der Waals surface area (Å²) >= 11 is 0. The summed E-state index contributed by atoms with van der Waals surface area (Å²) < 4.78 is 14.5. The molecule has 6 heteroatoms. The maximum Gasteiger partial charge on any atom is 0.295 e. The molecule has 3 rings (SSSR count). The van der Waals surface area contributed by atoms with Gasteiger partial charge in [0.25, 0.3) is 11.7 Å². The molecule has 1 saturated heterocycles. The lowest BCUT2D eigenvalue weighted by molar-refractivity contribution is -0.140. The van der Waals surface area contributed by atoms with Crippen molar-refractivity contribution in [1.29, 1.82) is 0 Å². The van der Waals surface area contributed by atoms with Crippen molar-refractivity contribution >= 4 is 17.4 Å². The van der Waals surface area contributed by atoms with Crippen molar-refractivity contribution in [2.45, 2.75) is 26.0 Å². The van der Waals surface area contributed by atoms with Gasteiger partial charge in [0.1, 0.15) is 11.6 Å². The zero-order valence-electron chi connectivity index (χ0n) is 15.0. The topological polar surface area (TPSA) is 77.8 Å². The van der Waals surface area contributed by atoms with E-state index in [1.165, 1.54) is 25.1 Å². The lowest BCUT2D eigenvalue weighted by Crippen LogP contribution is -2.35.